The van der Waals surface area contributed by atoms with E-state index >= 15 is 0 Å². The average Bonchev–Trinajstić information content (AvgIpc) is 3.59. The number of fused-ring (bicyclic) bond motifs is 6. The van der Waals surface area contributed by atoms with Crippen LogP contribution in [0.5, 0.6) is 0 Å². The largest absolute Gasteiger partial charge is 0.344 e. The Morgan fingerprint density at radius 2 is 1.17 bits per heavy atom. The van der Waals surface area contributed by atoms with Crippen LogP contribution in [0.2, 0.25) is 0 Å². The molecule has 0 radical (unpaired) electrons. The Bertz CT molecular complexity index is 2360. The number of thiophene rings is 1. The summed E-state index contributed by atoms with van der Waals surface area (Å²) in [5.41, 5.74) is 11.2. The van der Waals surface area contributed by atoms with Gasteiger partial charge in [0.25, 0.3) is 0 Å². The van der Waals surface area contributed by atoms with Crippen LogP contribution in [0, 0.1) is 0 Å². The predicted octanol–water partition coefficient (Wildman–Crippen LogP) is 10.5. The van der Waals surface area contributed by atoms with E-state index in [9.17, 15) is 0 Å². The zero-order valence-electron chi connectivity index (χ0n) is 25.7. The van der Waals surface area contributed by atoms with Crippen LogP contribution in [0.25, 0.3) is 42.4 Å². The maximum atomic E-state index is 5.09. The van der Waals surface area contributed by atoms with E-state index in [1.807, 2.05) is 35.6 Å². The summed E-state index contributed by atoms with van der Waals surface area (Å²) < 4.78 is 2.53. The molecule has 1 aliphatic heterocycles. The molecule has 0 amide bonds. The first-order valence-corrected chi connectivity index (χ1v) is 16.6. The number of rotatable bonds is 4. The lowest BCUT2D eigenvalue weighted by molar-refractivity contribution is 0.660. The Morgan fingerprint density at radius 1 is 0.565 bits per heavy atom. The van der Waals surface area contributed by atoms with Crippen LogP contribution < -0.4 is 5.32 Å². The molecule has 1 atom stereocenters. The fourth-order valence-electron chi connectivity index (χ4n) is 7.11. The third kappa shape index (κ3) is 4.33. The lowest BCUT2D eigenvalue weighted by Gasteiger charge is -2.23. The smallest absolute Gasteiger partial charge is 0.159 e. The maximum Gasteiger partial charge on any atom is 0.159 e. The van der Waals surface area contributed by atoms with Crippen molar-refractivity contribution in [2.75, 3.05) is 0 Å². The summed E-state index contributed by atoms with van der Waals surface area (Å²) in [5, 5.41) is 6.11. The summed E-state index contributed by atoms with van der Waals surface area (Å²) in [4.78, 5) is 10.1. The molecule has 6 aromatic carbocycles. The number of aliphatic imine (C=N–C) groups is 2. The van der Waals surface area contributed by atoms with Crippen LogP contribution in [0.1, 0.15) is 47.8 Å². The van der Waals surface area contributed by atoms with Crippen molar-refractivity contribution in [1.29, 1.82) is 0 Å². The number of hydrogen-bond acceptors (Lipinski definition) is 4. The van der Waals surface area contributed by atoms with Gasteiger partial charge in [0, 0.05) is 36.7 Å². The Hall–Kier alpha value is -5.32. The molecule has 1 aliphatic carbocycles. The zero-order valence-corrected chi connectivity index (χ0v) is 26.5. The van der Waals surface area contributed by atoms with Crippen molar-refractivity contribution < 1.29 is 0 Å². The van der Waals surface area contributed by atoms with E-state index in [2.05, 4.69) is 134 Å². The fourth-order valence-corrected chi connectivity index (χ4v) is 8.29. The minimum Gasteiger partial charge on any atom is -0.344 e. The van der Waals surface area contributed by atoms with Crippen molar-refractivity contribution in [2.24, 2.45) is 9.98 Å². The lowest BCUT2D eigenvalue weighted by Crippen LogP contribution is -2.33. The van der Waals surface area contributed by atoms with Crippen LogP contribution in [-0.4, -0.2) is 11.7 Å². The first-order chi connectivity index (χ1) is 22.5. The molecule has 0 spiro atoms. The van der Waals surface area contributed by atoms with Gasteiger partial charge in [-0.25, -0.2) is 9.98 Å². The second-order valence-electron chi connectivity index (χ2n) is 12.7. The fraction of sp³-hybridized carbons (Fsp3) is 0.0952. The quantitative estimate of drug-likeness (QED) is 0.212. The second kappa shape index (κ2) is 10.4. The van der Waals surface area contributed by atoms with Gasteiger partial charge < -0.3 is 5.32 Å². The highest BCUT2D eigenvalue weighted by Gasteiger charge is 2.35. The molecule has 4 heteroatoms. The van der Waals surface area contributed by atoms with Crippen LogP contribution >= 0.6 is 11.3 Å². The third-order valence-electron chi connectivity index (χ3n) is 9.55. The molecule has 7 aromatic rings. The van der Waals surface area contributed by atoms with E-state index in [0.29, 0.717) is 0 Å². The average molecular weight is 610 g/mol. The second-order valence-corrected chi connectivity index (χ2v) is 13.8. The van der Waals surface area contributed by atoms with E-state index < -0.39 is 0 Å². The minimum atomic E-state index is -0.213. The Morgan fingerprint density at radius 3 is 1.96 bits per heavy atom. The monoisotopic (exact) mass is 609 g/mol. The van der Waals surface area contributed by atoms with E-state index in [0.717, 1.165) is 28.4 Å². The molecular formula is C42H31N3S. The molecule has 0 saturated carbocycles. The summed E-state index contributed by atoms with van der Waals surface area (Å²) in [6.45, 7) is 4.69. The van der Waals surface area contributed by atoms with Crippen LogP contribution in [-0.2, 0) is 5.41 Å². The van der Waals surface area contributed by atoms with Gasteiger partial charge in [-0.2, -0.15) is 0 Å². The first-order valence-electron chi connectivity index (χ1n) is 15.8. The number of amidine groups is 2. The number of nitrogens with zero attached hydrogens (tertiary/aromatic N) is 2. The van der Waals surface area contributed by atoms with Gasteiger partial charge in [-0.05, 0) is 57.1 Å². The predicted molar refractivity (Wildman–Crippen MR) is 194 cm³/mol. The molecule has 220 valence electrons. The number of benzene rings is 6. The lowest BCUT2D eigenvalue weighted by atomic mass is 9.81. The summed E-state index contributed by atoms with van der Waals surface area (Å²) in [6, 6.07) is 50.1. The van der Waals surface area contributed by atoms with Gasteiger partial charge in [0.15, 0.2) is 5.84 Å². The highest BCUT2D eigenvalue weighted by atomic mass is 32.1. The summed E-state index contributed by atoms with van der Waals surface area (Å²) in [5.74, 6) is 1.58. The van der Waals surface area contributed by atoms with Crippen LogP contribution in [0.3, 0.4) is 0 Å². The molecule has 9 rings (SSSR count). The molecular weight excluding hydrogens is 579 g/mol. The number of nitrogens with one attached hydrogen (secondary N) is 1. The zero-order chi connectivity index (χ0) is 30.8. The van der Waals surface area contributed by atoms with Gasteiger partial charge in [0.2, 0.25) is 0 Å². The molecule has 1 unspecified atom stereocenters. The Balaban J connectivity index is 1.11. The topological polar surface area (TPSA) is 36.8 Å². The van der Waals surface area contributed by atoms with Crippen LogP contribution in [0.15, 0.2) is 150 Å². The van der Waals surface area contributed by atoms with Gasteiger partial charge in [-0.1, -0.05) is 135 Å². The van der Waals surface area contributed by atoms with Gasteiger partial charge in [0.1, 0.15) is 12.0 Å². The minimum absolute atomic E-state index is 0.0141. The molecule has 0 fully saturated rings. The van der Waals surface area contributed by atoms with Crippen LogP contribution in [0.4, 0.5) is 0 Å². The van der Waals surface area contributed by atoms with E-state index in [4.69, 9.17) is 9.98 Å². The highest BCUT2D eigenvalue weighted by molar-refractivity contribution is 7.25. The Labute approximate surface area is 272 Å². The molecule has 0 saturated heterocycles. The highest BCUT2D eigenvalue weighted by Crippen LogP contribution is 2.49. The van der Waals surface area contributed by atoms with Crippen molar-refractivity contribution in [3.8, 4) is 22.3 Å². The molecule has 1 aromatic heterocycles. The SMILES string of the molecule is CC1(C)c2ccccc2-c2ccc(-c3ccc4c(c3)sc3cc(C5=NC(c6ccccc6)NC(c6ccccc6)=N5)ccc34)cc21. The normalized spacial score (nSPS) is 16.4. The molecule has 1 N–H and O–H groups in total. The van der Waals surface area contributed by atoms with Gasteiger partial charge >= 0.3 is 0 Å². The van der Waals surface area contributed by atoms with Gasteiger partial charge in [0.05, 0.1) is 0 Å². The van der Waals surface area contributed by atoms with Crippen molar-refractivity contribution in [1.82, 2.24) is 5.32 Å². The first kappa shape index (κ1) is 27.0. The third-order valence-corrected chi connectivity index (χ3v) is 10.7. The number of hydrogen-bond donors (Lipinski definition) is 1. The molecule has 3 nitrogen and oxygen atoms in total. The van der Waals surface area contributed by atoms with Gasteiger partial charge in [-0.3, -0.25) is 0 Å². The van der Waals surface area contributed by atoms with Gasteiger partial charge in [-0.15, -0.1) is 11.3 Å². The maximum absolute atomic E-state index is 5.09. The molecule has 2 heterocycles. The van der Waals surface area contributed by atoms with E-state index in [1.165, 1.54) is 53.6 Å². The summed E-state index contributed by atoms with van der Waals surface area (Å²) in [6.07, 6.45) is -0.213. The standard InChI is InChI=1S/C42H31N3S/c1-42(2)35-16-10-9-15-31(35)32-20-17-28(23-36(32)42)29-18-21-33-34-22-19-30(25-38(34)46-37(33)24-29)41-44-39(26-11-5-3-6-12-26)43-40(45-41)27-13-7-4-8-14-27/h3-25,39H,1-2H3,(H,43,44,45). The summed E-state index contributed by atoms with van der Waals surface area (Å²) >= 11 is 1.84. The molecule has 2 aliphatic rings. The Kier molecular flexibility index (Phi) is 6.09. The summed E-state index contributed by atoms with van der Waals surface area (Å²) in [7, 11) is 0. The van der Waals surface area contributed by atoms with Crippen molar-refractivity contribution in [3.05, 3.63) is 167 Å². The van der Waals surface area contributed by atoms with Crippen molar-refractivity contribution in [3.63, 3.8) is 0 Å². The van der Waals surface area contributed by atoms with Crippen molar-refractivity contribution in [2.45, 2.75) is 25.4 Å². The van der Waals surface area contributed by atoms with E-state index in [-0.39, 0.29) is 11.6 Å². The van der Waals surface area contributed by atoms with Crippen molar-refractivity contribution >= 4 is 43.2 Å². The molecule has 46 heavy (non-hydrogen) atoms. The van der Waals surface area contributed by atoms with E-state index in [1.54, 1.807) is 0 Å². The molecule has 0 bridgehead atoms.